The number of esters is 1. The predicted molar refractivity (Wildman–Crippen MR) is 97.1 cm³/mol. The molecule has 1 aromatic heterocycles. The van der Waals surface area contributed by atoms with Crippen LogP contribution in [0.2, 0.25) is 0 Å². The fourth-order valence-electron chi connectivity index (χ4n) is 2.23. The Morgan fingerprint density at radius 1 is 1.12 bits per heavy atom. The van der Waals surface area contributed by atoms with E-state index in [9.17, 15) is 14.4 Å². The van der Waals surface area contributed by atoms with Crippen LogP contribution in [-0.4, -0.2) is 30.3 Å². The van der Waals surface area contributed by atoms with Crippen LogP contribution in [0.4, 0.5) is 0 Å². The minimum absolute atomic E-state index is 0.267. The van der Waals surface area contributed by atoms with Gasteiger partial charge in [-0.05, 0) is 38.0 Å². The van der Waals surface area contributed by atoms with E-state index in [0.717, 1.165) is 16.9 Å². The van der Waals surface area contributed by atoms with Crippen molar-refractivity contribution in [3.05, 3.63) is 57.3 Å². The topological polar surface area (TPSA) is 72.5 Å². The minimum Gasteiger partial charge on any atom is -0.453 e. The van der Waals surface area contributed by atoms with E-state index in [1.807, 2.05) is 32.0 Å². The van der Waals surface area contributed by atoms with Gasteiger partial charge in [0.15, 0.2) is 6.10 Å². The number of rotatable bonds is 7. The lowest BCUT2D eigenvalue weighted by Gasteiger charge is -2.13. The number of carbonyl (C=O) groups is 3. The van der Waals surface area contributed by atoms with Gasteiger partial charge in [-0.25, -0.2) is 0 Å². The van der Waals surface area contributed by atoms with E-state index in [-0.39, 0.29) is 18.2 Å². The summed E-state index contributed by atoms with van der Waals surface area (Å²) in [5.41, 5.74) is 1.63. The monoisotopic (exact) mass is 359 g/mol. The number of thiophene rings is 1. The van der Waals surface area contributed by atoms with E-state index in [0.29, 0.717) is 10.4 Å². The van der Waals surface area contributed by atoms with Crippen LogP contribution in [0.1, 0.15) is 44.3 Å². The zero-order valence-electron chi connectivity index (χ0n) is 14.5. The molecule has 0 spiro atoms. The molecule has 1 heterocycles. The highest BCUT2D eigenvalue weighted by Gasteiger charge is 2.20. The van der Waals surface area contributed by atoms with E-state index in [1.165, 1.54) is 18.3 Å². The quantitative estimate of drug-likeness (QED) is 0.609. The molecule has 0 fully saturated rings. The zero-order valence-corrected chi connectivity index (χ0v) is 15.3. The lowest BCUT2D eigenvalue weighted by Crippen LogP contribution is -2.33. The fourth-order valence-corrected chi connectivity index (χ4v) is 3.01. The third kappa shape index (κ3) is 5.26. The molecule has 2 aromatic rings. The molecule has 0 saturated heterocycles. The van der Waals surface area contributed by atoms with Crippen LogP contribution in [0.3, 0.4) is 0 Å². The van der Waals surface area contributed by atoms with Crippen LogP contribution in [0, 0.1) is 6.92 Å². The van der Waals surface area contributed by atoms with Gasteiger partial charge in [-0.15, -0.1) is 11.3 Å². The minimum atomic E-state index is -0.902. The van der Waals surface area contributed by atoms with Crippen LogP contribution in [0.5, 0.6) is 0 Å². The average Bonchev–Trinajstić information content (AvgIpc) is 3.05. The van der Waals surface area contributed by atoms with Crippen LogP contribution in [0.25, 0.3) is 0 Å². The smallest absolute Gasteiger partial charge is 0.326 e. The third-order valence-electron chi connectivity index (χ3n) is 3.68. The number of ether oxygens (including phenoxy) is 1. The Hall–Kier alpha value is -2.47. The summed E-state index contributed by atoms with van der Waals surface area (Å²) in [6, 6.07) is 10.8. The van der Waals surface area contributed by atoms with Crippen molar-refractivity contribution < 1.29 is 19.1 Å². The molecular weight excluding hydrogens is 338 g/mol. The van der Waals surface area contributed by atoms with Crippen LogP contribution in [-0.2, 0) is 16.0 Å². The van der Waals surface area contributed by atoms with Crippen molar-refractivity contribution in [2.45, 2.75) is 33.3 Å². The molecule has 1 unspecified atom stereocenters. The number of hydrogen-bond donors (Lipinski definition) is 1. The van der Waals surface area contributed by atoms with Crippen molar-refractivity contribution in [2.24, 2.45) is 0 Å². The summed E-state index contributed by atoms with van der Waals surface area (Å²) in [5.74, 6) is -1.24. The SMILES string of the molecule is CCc1ccc(C(=O)C(C)OC(=O)CNC(=O)c2ccc(C)s2)cc1. The number of Topliss-reactive ketones (excluding diaryl/α,β-unsaturated/α-hetero) is 1. The largest absolute Gasteiger partial charge is 0.453 e. The molecular formula is C19H21NO4S. The van der Waals surface area contributed by atoms with E-state index >= 15 is 0 Å². The standard InChI is InChI=1S/C19H21NO4S/c1-4-14-6-8-15(9-7-14)18(22)13(3)24-17(21)11-20-19(23)16-10-5-12(2)25-16/h5-10,13H,4,11H2,1-3H3,(H,20,23). The van der Waals surface area contributed by atoms with E-state index in [1.54, 1.807) is 18.2 Å². The molecule has 1 amide bonds. The van der Waals surface area contributed by atoms with Crippen LogP contribution < -0.4 is 5.32 Å². The summed E-state index contributed by atoms with van der Waals surface area (Å²) in [6.07, 6.45) is -0.0106. The molecule has 1 aromatic carbocycles. The summed E-state index contributed by atoms with van der Waals surface area (Å²) in [4.78, 5) is 37.6. The summed E-state index contributed by atoms with van der Waals surface area (Å²) in [7, 11) is 0. The highest BCUT2D eigenvalue weighted by molar-refractivity contribution is 7.13. The first-order chi connectivity index (χ1) is 11.9. The number of hydrogen-bond acceptors (Lipinski definition) is 5. The number of aryl methyl sites for hydroxylation is 2. The summed E-state index contributed by atoms with van der Waals surface area (Å²) in [5, 5.41) is 2.50. The second-order valence-electron chi connectivity index (χ2n) is 5.64. The molecule has 0 saturated carbocycles. The maximum Gasteiger partial charge on any atom is 0.326 e. The number of benzene rings is 1. The molecule has 5 nitrogen and oxygen atoms in total. The molecule has 2 rings (SSSR count). The van der Waals surface area contributed by atoms with Gasteiger partial charge in [-0.1, -0.05) is 31.2 Å². The fraction of sp³-hybridized carbons (Fsp3) is 0.316. The highest BCUT2D eigenvalue weighted by Crippen LogP contribution is 2.14. The highest BCUT2D eigenvalue weighted by atomic mass is 32.1. The van der Waals surface area contributed by atoms with Gasteiger partial charge in [0.05, 0.1) is 4.88 Å². The normalized spacial score (nSPS) is 11.6. The Labute approximate surface area is 151 Å². The Bertz CT molecular complexity index is 764. The van der Waals surface area contributed by atoms with Gasteiger partial charge < -0.3 is 10.1 Å². The zero-order chi connectivity index (χ0) is 18.4. The summed E-state index contributed by atoms with van der Waals surface area (Å²) in [6.45, 7) is 5.18. The maximum absolute atomic E-state index is 12.3. The lowest BCUT2D eigenvalue weighted by molar-refractivity contribution is -0.145. The van der Waals surface area contributed by atoms with Crippen molar-refractivity contribution >= 4 is 29.0 Å². The van der Waals surface area contributed by atoms with Crippen LogP contribution >= 0.6 is 11.3 Å². The van der Waals surface area contributed by atoms with Crippen molar-refractivity contribution in [1.29, 1.82) is 0 Å². The first kappa shape index (κ1) is 18.9. The first-order valence-electron chi connectivity index (χ1n) is 8.08. The van der Waals surface area contributed by atoms with Gasteiger partial charge in [0.2, 0.25) is 5.78 Å². The van der Waals surface area contributed by atoms with Gasteiger partial charge in [0, 0.05) is 10.4 Å². The van der Waals surface area contributed by atoms with Crippen LogP contribution in [0.15, 0.2) is 36.4 Å². The van der Waals surface area contributed by atoms with Gasteiger partial charge >= 0.3 is 5.97 Å². The van der Waals surface area contributed by atoms with Gasteiger partial charge in [0.25, 0.3) is 5.91 Å². The Morgan fingerprint density at radius 3 is 2.36 bits per heavy atom. The summed E-state index contributed by atoms with van der Waals surface area (Å²) < 4.78 is 5.11. The maximum atomic E-state index is 12.3. The van der Waals surface area contributed by atoms with E-state index < -0.39 is 12.1 Å². The Balaban J connectivity index is 1.84. The molecule has 0 aliphatic rings. The molecule has 0 bridgehead atoms. The average molecular weight is 359 g/mol. The van der Waals surface area contributed by atoms with Gasteiger partial charge in [0.1, 0.15) is 6.54 Å². The van der Waals surface area contributed by atoms with E-state index in [4.69, 9.17) is 4.74 Å². The van der Waals surface area contributed by atoms with Crippen molar-refractivity contribution in [1.82, 2.24) is 5.32 Å². The van der Waals surface area contributed by atoms with Crippen molar-refractivity contribution in [3.8, 4) is 0 Å². The molecule has 25 heavy (non-hydrogen) atoms. The molecule has 6 heteroatoms. The van der Waals surface area contributed by atoms with E-state index in [2.05, 4.69) is 5.32 Å². The number of amides is 1. The number of nitrogens with one attached hydrogen (secondary N) is 1. The molecule has 0 radical (unpaired) electrons. The molecule has 132 valence electrons. The second kappa shape index (κ2) is 8.58. The molecule has 1 atom stereocenters. The number of carbonyl (C=O) groups excluding carboxylic acids is 3. The predicted octanol–water partition coefficient (Wildman–Crippen LogP) is 3.16. The second-order valence-corrected chi connectivity index (χ2v) is 6.93. The Kier molecular flexibility index (Phi) is 6.47. The van der Waals surface area contributed by atoms with Gasteiger partial charge in [-0.2, -0.15) is 0 Å². The number of ketones is 1. The molecule has 1 N–H and O–H groups in total. The summed E-state index contributed by atoms with van der Waals surface area (Å²) >= 11 is 1.35. The Morgan fingerprint density at radius 2 is 1.80 bits per heavy atom. The molecule has 0 aliphatic heterocycles. The molecule has 0 aliphatic carbocycles. The third-order valence-corrected chi connectivity index (χ3v) is 4.68. The van der Waals surface area contributed by atoms with Crippen molar-refractivity contribution in [3.63, 3.8) is 0 Å². The van der Waals surface area contributed by atoms with Crippen molar-refractivity contribution in [2.75, 3.05) is 6.54 Å². The lowest BCUT2D eigenvalue weighted by atomic mass is 10.0. The van der Waals surface area contributed by atoms with Gasteiger partial charge in [-0.3, -0.25) is 14.4 Å². The first-order valence-corrected chi connectivity index (χ1v) is 8.89.